The smallest absolute Gasteiger partial charge is 0.137 e. The van der Waals surface area contributed by atoms with Gasteiger partial charge in [0, 0.05) is 6.04 Å². The maximum absolute atomic E-state index is 6.07. The number of hydrogen-bond acceptors (Lipinski definition) is 2. The van der Waals surface area contributed by atoms with Gasteiger partial charge in [-0.1, -0.05) is 44.9 Å². The molecule has 3 heteroatoms. The number of benzene rings is 1. The van der Waals surface area contributed by atoms with Gasteiger partial charge in [-0.15, -0.1) is 0 Å². The molecule has 1 aromatic rings. The number of hydrogen-bond donors (Lipinski definition) is 1. The second-order valence-corrected chi connectivity index (χ2v) is 5.10. The molecule has 0 aliphatic rings. The van der Waals surface area contributed by atoms with Gasteiger partial charge in [-0.25, -0.2) is 0 Å². The Balaban J connectivity index is 2.97. The molecule has 0 saturated heterocycles. The highest BCUT2D eigenvalue weighted by molar-refractivity contribution is 6.32. The van der Waals surface area contributed by atoms with E-state index in [1.807, 2.05) is 12.1 Å². The lowest BCUT2D eigenvalue weighted by atomic mass is 9.91. The summed E-state index contributed by atoms with van der Waals surface area (Å²) in [5.41, 5.74) is 1.25. The predicted octanol–water partition coefficient (Wildman–Crippen LogP) is 4.44. The van der Waals surface area contributed by atoms with Gasteiger partial charge >= 0.3 is 0 Å². The molecule has 0 aliphatic carbocycles. The van der Waals surface area contributed by atoms with Crippen molar-refractivity contribution in [2.45, 2.75) is 39.7 Å². The topological polar surface area (TPSA) is 21.3 Å². The molecular formula is C15H24ClNO. The van der Waals surface area contributed by atoms with E-state index < -0.39 is 0 Å². The van der Waals surface area contributed by atoms with Crippen molar-refractivity contribution in [2.75, 3.05) is 13.7 Å². The summed E-state index contributed by atoms with van der Waals surface area (Å²) in [4.78, 5) is 0. The molecule has 2 atom stereocenters. The van der Waals surface area contributed by atoms with Crippen LogP contribution in [0.2, 0.25) is 5.02 Å². The van der Waals surface area contributed by atoms with Gasteiger partial charge in [0.2, 0.25) is 0 Å². The van der Waals surface area contributed by atoms with E-state index in [0.717, 1.165) is 12.3 Å². The van der Waals surface area contributed by atoms with Crippen LogP contribution in [0.5, 0.6) is 5.75 Å². The summed E-state index contributed by atoms with van der Waals surface area (Å²) in [6, 6.07) is 6.41. The zero-order valence-electron chi connectivity index (χ0n) is 11.8. The van der Waals surface area contributed by atoms with Crippen LogP contribution in [0.4, 0.5) is 0 Å². The summed E-state index contributed by atoms with van der Waals surface area (Å²) in [6.45, 7) is 7.61. The van der Waals surface area contributed by atoms with Crippen molar-refractivity contribution in [1.29, 1.82) is 0 Å². The van der Waals surface area contributed by atoms with Crippen LogP contribution in [0.25, 0.3) is 0 Å². The van der Waals surface area contributed by atoms with Gasteiger partial charge in [-0.2, -0.15) is 0 Å². The fourth-order valence-corrected chi connectivity index (χ4v) is 2.55. The maximum Gasteiger partial charge on any atom is 0.137 e. The molecule has 0 aliphatic heterocycles. The third kappa shape index (κ3) is 3.89. The van der Waals surface area contributed by atoms with Crippen LogP contribution in [0.1, 0.15) is 45.2 Å². The van der Waals surface area contributed by atoms with Crippen LogP contribution in [0.3, 0.4) is 0 Å². The van der Waals surface area contributed by atoms with Crippen LogP contribution >= 0.6 is 11.6 Å². The molecule has 1 N–H and O–H groups in total. The van der Waals surface area contributed by atoms with Crippen LogP contribution in [-0.2, 0) is 0 Å². The van der Waals surface area contributed by atoms with Crippen LogP contribution in [-0.4, -0.2) is 13.7 Å². The molecule has 0 aromatic heterocycles. The Hall–Kier alpha value is -0.730. The van der Waals surface area contributed by atoms with E-state index >= 15 is 0 Å². The molecule has 0 spiro atoms. The number of methoxy groups -OCH3 is 1. The average molecular weight is 270 g/mol. The summed E-state index contributed by atoms with van der Waals surface area (Å²) in [6.07, 6.45) is 2.41. The van der Waals surface area contributed by atoms with Gasteiger partial charge in [0.1, 0.15) is 5.75 Å². The summed E-state index contributed by atoms with van der Waals surface area (Å²) < 4.78 is 5.29. The predicted molar refractivity (Wildman–Crippen MR) is 78.5 cm³/mol. The Labute approximate surface area is 116 Å². The van der Waals surface area contributed by atoms with E-state index in [1.54, 1.807) is 7.11 Å². The first-order chi connectivity index (χ1) is 8.63. The lowest BCUT2D eigenvalue weighted by Gasteiger charge is -2.25. The third-order valence-electron chi connectivity index (χ3n) is 3.27. The van der Waals surface area contributed by atoms with E-state index in [-0.39, 0.29) is 0 Å². The minimum absolute atomic E-state index is 0.362. The molecule has 0 saturated carbocycles. The molecule has 2 nitrogen and oxygen atoms in total. The standard InChI is InChI=1S/C15H24ClNO/c1-5-7-11(3)15(17-6-2)12-8-9-13(16)14(10-12)18-4/h8-11,15,17H,5-7H2,1-4H3. The second-order valence-electron chi connectivity index (χ2n) is 4.70. The molecule has 18 heavy (non-hydrogen) atoms. The van der Waals surface area contributed by atoms with Crippen LogP contribution in [0.15, 0.2) is 18.2 Å². The minimum atomic E-state index is 0.362. The molecule has 102 valence electrons. The monoisotopic (exact) mass is 269 g/mol. The van der Waals surface area contributed by atoms with Gasteiger partial charge in [0.25, 0.3) is 0 Å². The van der Waals surface area contributed by atoms with Gasteiger partial charge in [0.05, 0.1) is 12.1 Å². The van der Waals surface area contributed by atoms with Gasteiger partial charge in [-0.05, 0) is 36.6 Å². The maximum atomic E-state index is 6.07. The Kier molecular flexibility index (Phi) is 6.51. The first-order valence-electron chi connectivity index (χ1n) is 6.70. The van der Waals surface area contributed by atoms with Gasteiger partial charge in [-0.3, -0.25) is 0 Å². The molecule has 0 fully saturated rings. The van der Waals surface area contributed by atoms with Crippen molar-refractivity contribution in [3.63, 3.8) is 0 Å². The SMILES string of the molecule is CCCC(C)C(NCC)c1ccc(Cl)c(OC)c1. The summed E-state index contributed by atoms with van der Waals surface area (Å²) >= 11 is 6.07. The quantitative estimate of drug-likeness (QED) is 0.790. The molecule has 1 rings (SSSR count). The fourth-order valence-electron chi connectivity index (χ4n) is 2.36. The number of rotatable bonds is 7. The van der Waals surface area contributed by atoms with Gasteiger partial charge < -0.3 is 10.1 Å². The van der Waals surface area contributed by atoms with Crippen molar-refractivity contribution in [3.8, 4) is 5.75 Å². The number of ether oxygens (including phenoxy) is 1. The molecule has 2 unspecified atom stereocenters. The van der Waals surface area contributed by atoms with Crippen LogP contribution in [0, 0.1) is 5.92 Å². The summed E-state index contributed by atoms with van der Waals surface area (Å²) in [7, 11) is 1.66. The number of halogens is 1. The van der Waals surface area contributed by atoms with E-state index in [2.05, 4.69) is 32.2 Å². The van der Waals surface area contributed by atoms with Crippen molar-refractivity contribution >= 4 is 11.6 Å². The summed E-state index contributed by atoms with van der Waals surface area (Å²) in [5, 5.41) is 4.22. The van der Waals surface area contributed by atoms with Crippen LogP contribution < -0.4 is 10.1 Å². The highest BCUT2D eigenvalue weighted by atomic mass is 35.5. The van der Waals surface area contributed by atoms with Gasteiger partial charge in [0.15, 0.2) is 0 Å². The van der Waals surface area contributed by atoms with Crippen molar-refractivity contribution in [2.24, 2.45) is 5.92 Å². The normalized spacial score (nSPS) is 14.3. The lowest BCUT2D eigenvalue weighted by molar-refractivity contribution is 0.366. The molecule has 0 radical (unpaired) electrons. The zero-order valence-corrected chi connectivity index (χ0v) is 12.6. The molecule has 0 amide bonds. The Morgan fingerprint density at radius 2 is 2.06 bits per heavy atom. The average Bonchev–Trinajstić information content (AvgIpc) is 2.37. The van der Waals surface area contributed by atoms with E-state index in [4.69, 9.17) is 16.3 Å². The Morgan fingerprint density at radius 3 is 2.61 bits per heavy atom. The number of nitrogens with one attached hydrogen (secondary N) is 1. The largest absolute Gasteiger partial charge is 0.495 e. The van der Waals surface area contributed by atoms with Crippen molar-refractivity contribution in [1.82, 2.24) is 5.32 Å². The fraction of sp³-hybridized carbons (Fsp3) is 0.600. The summed E-state index contributed by atoms with van der Waals surface area (Å²) in [5.74, 6) is 1.35. The first-order valence-corrected chi connectivity index (χ1v) is 7.08. The first kappa shape index (κ1) is 15.3. The molecular weight excluding hydrogens is 246 g/mol. The lowest BCUT2D eigenvalue weighted by Crippen LogP contribution is -2.26. The van der Waals surface area contributed by atoms with E-state index in [0.29, 0.717) is 17.0 Å². The Morgan fingerprint density at radius 1 is 1.33 bits per heavy atom. The minimum Gasteiger partial charge on any atom is -0.495 e. The molecule has 0 bridgehead atoms. The van der Waals surface area contributed by atoms with E-state index in [9.17, 15) is 0 Å². The Bertz CT molecular complexity index is 368. The highest BCUT2D eigenvalue weighted by Crippen LogP contribution is 2.31. The van der Waals surface area contributed by atoms with Crippen molar-refractivity contribution in [3.05, 3.63) is 28.8 Å². The van der Waals surface area contributed by atoms with Crippen molar-refractivity contribution < 1.29 is 4.74 Å². The third-order valence-corrected chi connectivity index (χ3v) is 3.58. The molecule has 1 aromatic carbocycles. The zero-order chi connectivity index (χ0) is 13.5. The highest BCUT2D eigenvalue weighted by Gasteiger charge is 2.18. The second kappa shape index (κ2) is 7.65. The van der Waals surface area contributed by atoms with E-state index in [1.165, 1.54) is 18.4 Å². The molecule has 0 heterocycles.